The molecule has 0 aliphatic carbocycles. The quantitative estimate of drug-likeness (QED) is 0.0515. The topological polar surface area (TPSA) is 118 Å². The molecule has 350 valence electrons. The number of unbranched alkanes of at least 4 members (excludes halogenated alkanes) is 18. The van der Waals surface area contributed by atoms with Crippen LogP contribution in [-0.4, -0.2) is 60.7 Å². The summed E-state index contributed by atoms with van der Waals surface area (Å²) in [4.78, 5) is 29.4. The highest BCUT2D eigenvalue weighted by Crippen LogP contribution is 2.60. The van der Waals surface area contributed by atoms with Gasteiger partial charge in [-0.15, -0.1) is 11.3 Å². The van der Waals surface area contributed by atoms with Gasteiger partial charge in [-0.1, -0.05) is 129 Å². The van der Waals surface area contributed by atoms with Gasteiger partial charge in [0, 0.05) is 25.9 Å². The zero-order valence-electron chi connectivity index (χ0n) is 38.8. The average molecular weight is 895 g/mol. The van der Waals surface area contributed by atoms with E-state index in [9.17, 15) is 9.59 Å². The summed E-state index contributed by atoms with van der Waals surface area (Å²) in [5.74, 6) is 1.81. The van der Waals surface area contributed by atoms with Gasteiger partial charge in [0.05, 0.1) is 39.6 Å². The number of thiophene rings is 1. The van der Waals surface area contributed by atoms with Crippen LogP contribution in [0.25, 0.3) is 21.1 Å². The van der Waals surface area contributed by atoms with E-state index in [0.29, 0.717) is 119 Å². The van der Waals surface area contributed by atoms with E-state index in [2.05, 4.69) is 13.8 Å². The number of rotatable bonds is 28. The number of esters is 2. The summed E-state index contributed by atoms with van der Waals surface area (Å²) in [5, 5.41) is 0. The molecule has 12 nitrogen and oxygen atoms in total. The van der Waals surface area contributed by atoms with Crippen molar-refractivity contribution < 1.29 is 47.5 Å². The second-order valence-corrected chi connectivity index (χ2v) is 17.9. The molecule has 0 bridgehead atoms. The predicted molar refractivity (Wildman–Crippen MR) is 248 cm³/mol. The molecule has 13 heteroatoms. The van der Waals surface area contributed by atoms with Crippen LogP contribution in [0.3, 0.4) is 0 Å². The van der Waals surface area contributed by atoms with Crippen LogP contribution in [0.4, 0.5) is 0 Å². The summed E-state index contributed by atoms with van der Waals surface area (Å²) in [6.07, 6.45) is 28.2. The first-order valence-electron chi connectivity index (χ1n) is 24.6. The van der Waals surface area contributed by atoms with Crippen molar-refractivity contribution in [3.05, 3.63) is 23.9 Å². The Hall–Kier alpha value is -4.26. The van der Waals surface area contributed by atoms with Crippen molar-refractivity contribution in [3.8, 4) is 55.6 Å². The van der Waals surface area contributed by atoms with Gasteiger partial charge in [0.15, 0.2) is 45.9 Å². The van der Waals surface area contributed by atoms with Crippen molar-refractivity contribution in [2.75, 3.05) is 39.6 Å². The van der Waals surface area contributed by atoms with Crippen molar-refractivity contribution in [2.45, 2.75) is 182 Å². The number of carbonyl (C=O) groups is 2. The molecule has 0 spiro atoms. The van der Waals surface area contributed by atoms with E-state index in [1.165, 1.54) is 114 Å². The SMILES string of the molecule is CCCCCCCCCCCCn1c(C(=O)OCC)c2c(c1-c1sc(-c3c4c(c(C(=O)OCC)n3CCCCCCCCCCCC)OCCCO4)c3c1OC=CO3)OCCCO2. The van der Waals surface area contributed by atoms with Crippen LogP contribution in [0.1, 0.15) is 190 Å². The predicted octanol–water partition coefficient (Wildman–Crippen LogP) is 13.4. The lowest BCUT2D eigenvalue weighted by Gasteiger charge is -2.16. The average Bonchev–Trinajstić information content (AvgIpc) is 3.73. The van der Waals surface area contributed by atoms with Crippen LogP contribution in [0, 0.1) is 0 Å². The number of ether oxygens (including phenoxy) is 8. The summed E-state index contributed by atoms with van der Waals surface area (Å²) < 4.78 is 54.0. The third-order valence-electron chi connectivity index (χ3n) is 12.0. The fraction of sp³-hybridized carbons (Fsp3) is 0.680. The Labute approximate surface area is 379 Å². The number of aromatic nitrogens is 2. The number of nitrogens with zero attached hydrogens (tertiary/aromatic N) is 2. The maximum absolute atomic E-state index is 14.0. The highest BCUT2D eigenvalue weighted by Gasteiger charge is 2.40. The van der Waals surface area contributed by atoms with Gasteiger partial charge in [-0.05, 0) is 26.7 Å². The van der Waals surface area contributed by atoms with Crippen molar-refractivity contribution >= 4 is 23.3 Å². The minimum Gasteiger partial charge on any atom is -0.487 e. The van der Waals surface area contributed by atoms with Gasteiger partial charge in [0.1, 0.15) is 33.7 Å². The number of hydrogen-bond acceptors (Lipinski definition) is 11. The van der Waals surface area contributed by atoms with Gasteiger partial charge in [-0.25, -0.2) is 9.59 Å². The molecule has 3 aromatic rings. The molecule has 3 aromatic heterocycles. The third-order valence-corrected chi connectivity index (χ3v) is 13.2. The Morgan fingerprint density at radius 2 is 0.810 bits per heavy atom. The van der Waals surface area contributed by atoms with Gasteiger partial charge < -0.3 is 47.0 Å². The summed E-state index contributed by atoms with van der Waals surface area (Å²) in [7, 11) is 0. The molecule has 3 aliphatic heterocycles. The van der Waals surface area contributed by atoms with E-state index < -0.39 is 11.9 Å². The van der Waals surface area contributed by atoms with Gasteiger partial charge in [-0.3, -0.25) is 0 Å². The molecule has 3 aliphatic rings. The van der Waals surface area contributed by atoms with Gasteiger partial charge in [-0.2, -0.15) is 0 Å². The van der Waals surface area contributed by atoms with E-state index in [1.807, 2.05) is 23.0 Å². The van der Waals surface area contributed by atoms with Crippen LogP contribution in [0.5, 0.6) is 34.5 Å². The standard InChI is InChI=1S/C50H74N2O10S/c1-5-9-11-13-15-17-19-21-23-25-29-51-37(41-43(59-33-27-31-57-41)39(51)49(53)55-7-3)47-45-46(62-36-35-61-45)48(63-47)38-42-44(60-34-28-32-58-42)40(50(54)56-8-4)52(38)30-26-24-22-20-18-16-14-12-10-6-2/h35-36H,5-34H2,1-4H3. The molecule has 0 amide bonds. The maximum Gasteiger partial charge on any atom is 0.359 e. The first-order chi connectivity index (χ1) is 31.0. The molecule has 6 heterocycles. The smallest absolute Gasteiger partial charge is 0.359 e. The van der Waals surface area contributed by atoms with Gasteiger partial charge in [0.2, 0.25) is 0 Å². The zero-order valence-corrected chi connectivity index (χ0v) is 39.6. The molecule has 0 saturated carbocycles. The molecule has 0 N–H and O–H groups in total. The zero-order chi connectivity index (χ0) is 44.2. The molecule has 0 saturated heterocycles. The van der Waals surface area contributed by atoms with Crippen molar-refractivity contribution in [2.24, 2.45) is 0 Å². The first kappa shape index (κ1) is 48.2. The Balaban J connectivity index is 1.39. The van der Waals surface area contributed by atoms with Crippen molar-refractivity contribution in [1.82, 2.24) is 9.13 Å². The number of carbonyl (C=O) groups excluding carboxylic acids is 2. The minimum atomic E-state index is -0.458. The van der Waals surface area contributed by atoms with E-state index in [0.717, 1.165) is 38.5 Å². The maximum atomic E-state index is 14.0. The van der Waals surface area contributed by atoms with Gasteiger partial charge >= 0.3 is 11.9 Å². The first-order valence-corrected chi connectivity index (χ1v) is 25.4. The van der Waals surface area contributed by atoms with Crippen LogP contribution in [-0.2, 0) is 22.6 Å². The lowest BCUT2D eigenvalue weighted by Crippen LogP contribution is -2.15. The Bertz CT molecular complexity index is 1790. The van der Waals surface area contributed by atoms with Crippen molar-refractivity contribution in [1.29, 1.82) is 0 Å². The third kappa shape index (κ3) is 12.3. The highest BCUT2D eigenvalue weighted by molar-refractivity contribution is 7.19. The summed E-state index contributed by atoms with van der Waals surface area (Å²) in [6.45, 7) is 11.3. The Morgan fingerprint density at radius 3 is 1.16 bits per heavy atom. The molecule has 0 unspecified atom stereocenters. The second kappa shape index (κ2) is 25.9. The van der Waals surface area contributed by atoms with E-state index in [4.69, 9.17) is 37.9 Å². The van der Waals surface area contributed by atoms with Crippen LogP contribution < -0.4 is 28.4 Å². The molecule has 63 heavy (non-hydrogen) atoms. The largest absolute Gasteiger partial charge is 0.487 e. The minimum absolute atomic E-state index is 0.222. The lowest BCUT2D eigenvalue weighted by atomic mass is 10.1. The van der Waals surface area contributed by atoms with Crippen LogP contribution >= 0.6 is 11.3 Å². The summed E-state index contributed by atoms with van der Waals surface area (Å²) in [6, 6.07) is 0. The molecule has 0 fully saturated rings. The van der Waals surface area contributed by atoms with Crippen LogP contribution in [0.15, 0.2) is 12.5 Å². The number of fused-ring (bicyclic) bond motifs is 3. The van der Waals surface area contributed by atoms with Gasteiger partial charge in [0.25, 0.3) is 0 Å². The van der Waals surface area contributed by atoms with E-state index in [1.54, 1.807) is 0 Å². The molecule has 0 radical (unpaired) electrons. The molecular formula is C50H74N2O10S. The van der Waals surface area contributed by atoms with E-state index in [-0.39, 0.29) is 13.2 Å². The fourth-order valence-corrected chi connectivity index (χ4v) is 10.1. The second-order valence-electron chi connectivity index (χ2n) is 16.8. The van der Waals surface area contributed by atoms with E-state index >= 15 is 0 Å². The summed E-state index contributed by atoms with van der Waals surface area (Å²) in [5.41, 5.74) is 2.04. The van der Waals surface area contributed by atoms with Crippen molar-refractivity contribution in [3.63, 3.8) is 0 Å². The molecule has 0 atom stereocenters. The Morgan fingerprint density at radius 1 is 0.476 bits per heavy atom. The highest BCUT2D eigenvalue weighted by atomic mass is 32.1. The van der Waals surface area contributed by atoms with Crippen LogP contribution in [0.2, 0.25) is 0 Å². The molecule has 0 aromatic carbocycles. The molecule has 6 rings (SSSR count). The summed E-state index contributed by atoms with van der Waals surface area (Å²) >= 11 is 1.46. The normalized spacial score (nSPS) is 14.1. The molecular weight excluding hydrogens is 821 g/mol. The number of hydrogen-bond donors (Lipinski definition) is 0. The monoisotopic (exact) mass is 895 g/mol. The lowest BCUT2D eigenvalue weighted by molar-refractivity contribution is 0.0499. The fourth-order valence-electron chi connectivity index (χ4n) is 8.83. The Kier molecular flexibility index (Phi) is 19.8.